The van der Waals surface area contributed by atoms with E-state index >= 15 is 0 Å². The number of aryl methyl sites for hydroxylation is 1. The van der Waals surface area contributed by atoms with Crippen molar-refractivity contribution in [2.45, 2.75) is 45.7 Å². The van der Waals surface area contributed by atoms with Crippen LogP contribution in [-0.4, -0.2) is 16.8 Å². The molecule has 1 N–H and O–H groups in total. The first-order chi connectivity index (χ1) is 9.15. The van der Waals surface area contributed by atoms with Crippen LogP contribution in [0.2, 0.25) is 0 Å². The molecule has 0 radical (unpaired) electrons. The Kier molecular flexibility index (Phi) is 4.43. The van der Waals surface area contributed by atoms with E-state index in [1.165, 1.54) is 5.56 Å². The molecule has 2 atom stereocenters. The average molecular weight is 261 g/mol. The smallest absolute Gasteiger partial charge is 0.105 e. The van der Waals surface area contributed by atoms with Crippen molar-refractivity contribution < 1.29 is 4.42 Å². The van der Waals surface area contributed by atoms with Gasteiger partial charge in [0.15, 0.2) is 0 Å². The van der Waals surface area contributed by atoms with Crippen LogP contribution in [0.15, 0.2) is 29.0 Å². The predicted molar refractivity (Wildman–Crippen MR) is 76.2 cm³/mol. The van der Waals surface area contributed by atoms with Gasteiger partial charge < -0.3 is 9.73 Å². The van der Waals surface area contributed by atoms with Crippen molar-refractivity contribution >= 4 is 0 Å². The molecule has 2 rings (SSSR count). The SMILES string of the molecule is CCC(C)n1ccc(CC(NC)c2ccoc2C)n1. The van der Waals surface area contributed by atoms with Gasteiger partial charge in [-0.3, -0.25) is 4.68 Å². The Hall–Kier alpha value is -1.55. The largest absolute Gasteiger partial charge is 0.469 e. The molecule has 0 bridgehead atoms. The van der Waals surface area contributed by atoms with Gasteiger partial charge in [0, 0.05) is 30.3 Å². The summed E-state index contributed by atoms with van der Waals surface area (Å²) in [6.45, 7) is 6.36. The third-order valence-electron chi connectivity index (χ3n) is 3.74. The van der Waals surface area contributed by atoms with Crippen molar-refractivity contribution in [2.75, 3.05) is 7.05 Å². The van der Waals surface area contributed by atoms with Gasteiger partial charge in [0.1, 0.15) is 5.76 Å². The van der Waals surface area contributed by atoms with Crippen LogP contribution in [0.1, 0.15) is 49.4 Å². The minimum atomic E-state index is 0.249. The fourth-order valence-corrected chi connectivity index (χ4v) is 2.25. The number of hydrogen-bond donors (Lipinski definition) is 1. The first-order valence-corrected chi connectivity index (χ1v) is 6.91. The molecule has 0 amide bonds. The number of likely N-dealkylation sites (N-methyl/N-ethyl adjacent to an activating group) is 1. The van der Waals surface area contributed by atoms with Gasteiger partial charge in [0.25, 0.3) is 0 Å². The van der Waals surface area contributed by atoms with Gasteiger partial charge in [-0.2, -0.15) is 5.10 Å². The maximum absolute atomic E-state index is 5.38. The van der Waals surface area contributed by atoms with Gasteiger partial charge in [-0.25, -0.2) is 0 Å². The van der Waals surface area contributed by atoms with Crippen LogP contribution in [0.25, 0.3) is 0 Å². The van der Waals surface area contributed by atoms with Crippen molar-refractivity contribution in [3.63, 3.8) is 0 Å². The number of nitrogens with zero attached hydrogens (tertiary/aromatic N) is 2. The molecule has 0 fully saturated rings. The molecule has 0 saturated heterocycles. The lowest BCUT2D eigenvalue weighted by molar-refractivity contribution is 0.467. The van der Waals surface area contributed by atoms with Crippen LogP contribution in [0.5, 0.6) is 0 Å². The van der Waals surface area contributed by atoms with Crippen LogP contribution in [0, 0.1) is 6.92 Å². The highest BCUT2D eigenvalue weighted by molar-refractivity contribution is 5.22. The molecule has 19 heavy (non-hydrogen) atoms. The predicted octanol–water partition coefficient (Wildman–Crippen LogP) is 3.26. The molecule has 0 aliphatic heterocycles. The van der Waals surface area contributed by atoms with Crippen LogP contribution < -0.4 is 5.32 Å². The highest BCUT2D eigenvalue weighted by Gasteiger charge is 2.16. The molecule has 2 heterocycles. The lowest BCUT2D eigenvalue weighted by Gasteiger charge is -2.14. The standard InChI is InChI=1S/C15H23N3O/c1-5-11(2)18-8-6-13(17-18)10-15(16-4)14-7-9-19-12(14)3/h6-9,11,15-16H,5,10H2,1-4H3. The van der Waals surface area contributed by atoms with E-state index in [-0.39, 0.29) is 6.04 Å². The Labute approximate surface area is 114 Å². The molecule has 4 heteroatoms. The summed E-state index contributed by atoms with van der Waals surface area (Å²) in [6, 6.07) is 4.84. The van der Waals surface area contributed by atoms with Gasteiger partial charge >= 0.3 is 0 Å². The van der Waals surface area contributed by atoms with Crippen LogP contribution in [0.4, 0.5) is 0 Å². The second kappa shape index (κ2) is 6.06. The maximum Gasteiger partial charge on any atom is 0.105 e. The second-order valence-electron chi connectivity index (χ2n) is 5.02. The molecule has 0 spiro atoms. The average Bonchev–Trinajstić information content (AvgIpc) is 3.04. The molecule has 0 aliphatic carbocycles. The second-order valence-corrected chi connectivity index (χ2v) is 5.02. The third-order valence-corrected chi connectivity index (χ3v) is 3.74. The van der Waals surface area contributed by atoms with Gasteiger partial charge in [0.05, 0.1) is 12.0 Å². The topological polar surface area (TPSA) is 43.0 Å². The first-order valence-electron chi connectivity index (χ1n) is 6.91. The molecule has 2 unspecified atom stereocenters. The van der Waals surface area contributed by atoms with Gasteiger partial charge in [-0.1, -0.05) is 6.92 Å². The highest BCUT2D eigenvalue weighted by atomic mass is 16.3. The fraction of sp³-hybridized carbons (Fsp3) is 0.533. The van der Waals surface area contributed by atoms with Crippen molar-refractivity contribution in [3.05, 3.63) is 41.6 Å². The van der Waals surface area contributed by atoms with E-state index in [1.807, 2.05) is 24.7 Å². The van der Waals surface area contributed by atoms with Gasteiger partial charge in [-0.15, -0.1) is 0 Å². The van der Waals surface area contributed by atoms with Crippen LogP contribution >= 0.6 is 0 Å². The molecule has 0 aliphatic rings. The monoisotopic (exact) mass is 261 g/mol. The zero-order valence-corrected chi connectivity index (χ0v) is 12.2. The quantitative estimate of drug-likeness (QED) is 0.868. The third kappa shape index (κ3) is 3.07. The van der Waals surface area contributed by atoms with E-state index in [2.05, 4.69) is 36.5 Å². The zero-order valence-electron chi connectivity index (χ0n) is 12.2. The summed E-state index contributed by atoms with van der Waals surface area (Å²) in [5.74, 6) is 0.973. The van der Waals surface area contributed by atoms with Crippen LogP contribution in [0.3, 0.4) is 0 Å². The molecule has 4 nitrogen and oxygen atoms in total. The molecular weight excluding hydrogens is 238 g/mol. The van der Waals surface area contributed by atoms with E-state index in [0.717, 1.165) is 24.3 Å². The number of rotatable bonds is 6. The molecule has 2 aromatic heterocycles. The summed E-state index contributed by atoms with van der Waals surface area (Å²) < 4.78 is 7.43. The Bertz CT molecular complexity index is 515. The molecule has 2 aromatic rings. The molecule has 0 aromatic carbocycles. The Morgan fingerprint density at radius 1 is 1.42 bits per heavy atom. The maximum atomic E-state index is 5.38. The van der Waals surface area contributed by atoms with Crippen LogP contribution in [-0.2, 0) is 6.42 Å². The summed E-state index contributed by atoms with van der Waals surface area (Å²) >= 11 is 0. The van der Waals surface area contributed by atoms with Crippen molar-refractivity contribution in [3.8, 4) is 0 Å². The Morgan fingerprint density at radius 2 is 2.21 bits per heavy atom. The first kappa shape index (κ1) is 13.9. The van der Waals surface area contributed by atoms with E-state index in [9.17, 15) is 0 Å². The normalized spacial score (nSPS) is 14.5. The lowest BCUT2D eigenvalue weighted by Crippen LogP contribution is -2.19. The van der Waals surface area contributed by atoms with E-state index < -0.39 is 0 Å². The summed E-state index contributed by atoms with van der Waals surface area (Å²) in [6.07, 6.45) is 5.78. The fourth-order valence-electron chi connectivity index (χ4n) is 2.25. The van der Waals surface area contributed by atoms with Gasteiger partial charge in [-0.05, 0) is 39.4 Å². The summed E-state index contributed by atoms with van der Waals surface area (Å²) in [5, 5.41) is 7.99. The molecule has 0 saturated carbocycles. The summed E-state index contributed by atoms with van der Waals surface area (Å²) in [4.78, 5) is 0. The number of aromatic nitrogens is 2. The number of nitrogens with one attached hydrogen (secondary N) is 1. The minimum absolute atomic E-state index is 0.249. The molecule has 104 valence electrons. The van der Waals surface area contributed by atoms with E-state index in [4.69, 9.17) is 4.42 Å². The lowest BCUT2D eigenvalue weighted by atomic mass is 10.0. The van der Waals surface area contributed by atoms with Crippen molar-refractivity contribution in [1.82, 2.24) is 15.1 Å². The Balaban J connectivity index is 2.11. The van der Waals surface area contributed by atoms with Crippen molar-refractivity contribution in [1.29, 1.82) is 0 Å². The Morgan fingerprint density at radius 3 is 2.79 bits per heavy atom. The number of furan rings is 1. The van der Waals surface area contributed by atoms with Gasteiger partial charge in [0.2, 0.25) is 0 Å². The highest BCUT2D eigenvalue weighted by Crippen LogP contribution is 2.22. The van der Waals surface area contributed by atoms with Crippen molar-refractivity contribution in [2.24, 2.45) is 0 Å². The minimum Gasteiger partial charge on any atom is -0.469 e. The summed E-state index contributed by atoms with van der Waals surface area (Å²) in [5.41, 5.74) is 2.32. The molecular formula is C15H23N3O. The number of hydrogen-bond acceptors (Lipinski definition) is 3. The van der Waals surface area contributed by atoms with E-state index in [0.29, 0.717) is 6.04 Å². The zero-order chi connectivity index (χ0) is 13.8. The summed E-state index contributed by atoms with van der Waals surface area (Å²) in [7, 11) is 1.97. The van der Waals surface area contributed by atoms with E-state index in [1.54, 1.807) is 6.26 Å².